The van der Waals surface area contributed by atoms with Gasteiger partial charge in [0, 0.05) is 12.7 Å². The number of ether oxygens (including phenoxy) is 1. The fourth-order valence-electron chi connectivity index (χ4n) is 2.00. The number of para-hydroxylation sites is 1. The first-order valence-electron chi connectivity index (χ1n) is 5.55. The van der Waals surface area contributed by atoms with E-state index in [1.54, 1.807) is 18.0 Å². The number of nitrogens with zero attached hydrogens (tertiary/aromatic N) is 2. The summed E-state index contributed by atoms with van der Waals surface area (Å²) in [7, 11) is 3.43. The van der Waals surface area contributed by atoms with Crippen LogP contribution in [-0.4, -0.2) is 16.9 Å². The van der Waals surface area contributed by atoms with Crippen molar-refractivity contribution in [1.29, 1.82) is 0 Å². The fraction of sp³-hybridized carbons (Fsp3) is 0.250. The quantitative estimate of drug-likeness (QED) is 0.417. The molecular weight excluding hydrogens is 230 g/mol. The van der Waals surface area contributed by atoms with Crippen LogP contribution in [0.4, 0.5) is 5.69 Å². The first-order chi connectivity index (χ1) is 8.69. The van der Waals surface area contributed by atoms with Gasteiger partial charge in [-0.1, -0.05) is 18.2 Å². The summed E-state index contributed by atoms with van der Waals surface area (Å²) in [4.78, 5) is 0. The summed E-state index contributed by atoms with van der Waals surface area (Å²) in [5.74, 6) is 6.33. The fourth-order valence-corrected chi connectivity index (χ4v) is 2.00. The lowest BCUT2D eigenvalue weighted by molar-refractivity contribution is 0.401. The first-order valence-corrected chi connectivity index (χ1v) is 5.55. The molecule has 2 rings (SSSR count). The Hall–Kier alpha value is -2.05. The molecular formula is C12H17N5O. The molecule has 18 heavy (non-hydrogen) atoms. The van der Waals surface area contributed by atoms with Gasteiger partial charge in [0.15, 0.2) is 5.75 Å². The number of hydrogen-bond donors (Lipinski definition) is 3. The standard InChI is InChI=1S/C12H17N5O/c1-17-12(10(18-2)7-15-17)11(16-14)8-5-3-4-6-9(8)13/h3-7,11,16H,13-14H2,1-2H3. The predicted molar refractivity (Wildman–Crippen MR) is 69.8 cm³/mol. The summed E-state index contributed by atoms with van der Waals surface area (Å²) >= 11 is 0. The Kier molecular flexibility index (Phi) is 3.50. The van der Waals surface area contributed by atoms with Gasteiger partial charge in [-0.15, -0.1) is 0 Å². The van der Waals surface area contributed by atoms with E-state index in [-0.39, 0.29) is 6.04 Å². The van der Waals surface area contributed by atoms with Crippen LogP contribution >= 0.6 is 0 Å². The Bertz CT molecular complexity index is 537. The Morgan fingerprint density at radius 2 is 2.11 bits per heavy atom. The first kappa shape index (κ1) is 12.4. The smallest absolute Gasteiger partial charge is 0.161 e. The average molecular weight is 247 g/mol. The van der Waals surface area contributed by atoms with Crippen molar-refractivity contribution in [2.75, 3.05) is 12.8 Å². The van der Waals surface area contributed by atoms with Gasteiger partial charge in [0.25, 0.3) is 0 Å². The van der Waals surface area contributed by atoms with Gasteiger partial charge in [0.2, 0.25) is 0 Å². The minimum Gasteiger partial charge on any atom is -0.493 e. The van der Waals surface area contributed by atoms with Crippen molar-refractivity contribution in [2.45, 2.75) is 6.04 Å². The van der Waals surface area contributed by atoms with Gasteiger partial charge in [0.1, 0.15) is 5.69 Å². The predicted octanol–water partition coefficient (Wildman–Crippen LogP) is 0.564. The van der Waals surface area contributed by atoms with Gasteiger partial charge in [-0.25, -0.2) is 5.43 Å². The third-order valence-corrected chi connectivity index (χ3v) is 2.92. The summed E-state index contributed by atoms with van der Waals surface area (Å²) in [5.41, 5.74) is 11.1. The van der Waals surface area contributed by atoms with Crippen LogP contribution in [0.25, 0.3) is 0 Å². The number of hydrogen-bond acceptors (Lipinski definition) is 5. The second-order valence-electron chi connectivity index (χ2n) is 3.95. The SMILES string of the molecule is COc1cnn(C)c1C(NN)c1ccccc1N. The molecule has 2 aromatic rings. The van der Waals surface area contributed by atoms with Gasteiger partial charge >= 0.3 is 0 Å². The molecule has 1 aromatic carbocycles. The van der Waals surface area contributed by atoms with Crippen molar-refractivity contribution in [3.05, 3.63) is 41.7 Å². The monoisotopic (exact) mass is 247 g/mol. The van der Waals surface area contributed by atoms with Gasteiger partial charge in [0.05, 0.1) is 19.3 Å². The van der Waals surface area contributed by atoms with E-state index in [2.05, 4.69) is 10.5 Å². The highest BCUT2D eigenvalue weighted by molar-refractivity contribution is 5.51. The van der Waals surface area contributed by atoms with Gasteiger partial charge in [-0.2, -0.15) is 5.10 Å². The normalized spacial score (nSPS) is 12.4. The van der Waals surface area contributed by atoms with E-state index >= 15 is 0 Å². The molecule has 0 amide bonds. The molecule has 1 heterocycles. The molecule has 0 saturated heterocycles. The Balaban J connectivity index is 2.52. The maximum atomic E-state index is 5.98. The van der Waals surface area contributed by atoms with E-state index in [9.17, 15) is 0 Å². The minimum absolute atomic E-state index is 0.270. The highest BCUT2D eigenvalue weighted by Gasteiger charge is 2.22. The topological polar surface area (TPSA) is 91.1 Å². The molecule has 0 aliphatic heterocycles. The van der Waals surface area contributed by atoms with Crippen molar-refractivity contribution < 1.29 is 4.74 Å². The minimum atomic E-state index is -0.270. The van der Waals surface area contributed by atoms with E-state index < -0.39 is 0 Å². The largest absolute Gasteiger partial charge is 0.493 e. The number of aryl methyl sites for hydroxylation is 1. The molecule has 1 atom stereocenters. The third kappa shape index (κ3) is 2.03. The molecule has 0 radical (unpaired) electrons. The molecule has 1 unspecified atom stereocenters. The second-order valence-corrected chi connectivity index (χ2v) is 3.95. The molecule has 0 bridgehead atoms. The lowest BCUT2D eigenvalue weighted by atomic mass is 10.0. The molecule has 0 fully saturated rings. The van der Waals surface area contributed by atoms with Crippen LogP contribution in [0.2, 0.25) is 0 Å². The zero-order valence-corrected chi connectivity index (χ0v) is 10.4. The number of nitrogens with two attached hydrogens (primary N) is 2. The second kappa shape index (κ2) is 5.07. The van der Waals surface area contributed by atoms with Crippen molar-refractivity contribution in [2.24, 2.45) is 12.9 Å². The Morgan fingerprint density at radius 1 is 1.39 bits per heavy atom. The molecule has 0 spiro atoms. The van der Waals surface area contributed by atoms with E-state index in [1.807, 2.05) is 31.3 Å². The molecule has 0 saturated carbocycles. The molecule has 1 aromatic heterocycles. The molecule has 0 aliphatic carbocycles. The van der Waals surface area contributed by atoms with E-state index in [0.29, 0.717) is 11.4 Å². The van der Waals surface area contributed by atoms with Crippen LogP contribution < -0.4 is 21.7 Å². The lowest BCUT2D eigenvalue weighted by Crippen LogP contribution is -2.31. The Morgan fingerprint density at radius 3 is 2.72 bits per heavy atom. The van der Waals surface area contributed by atoms with E-state index in [0.717, 1.165) is 11.3 Å². The summed E-state index contributed by atoms with van der Waals surface area (Å²) in [5, 5.41) is 4.17. The van der Waals surface area contributed by atoms with E-state index in [4.69, 9.17) is 16.3 Å². The van der Waals surface area contributed by atoms with Crippen molar-refractivity contribution in [3.8, 4) is 5.75 Å². The lowest BCUT2D eigenvalue weighted by Gasteiger charge is -2.19. The number of hydrazine groups is 1. The van der Waals surface area contributed by atoms with Gasteiger partial charge in [-0.3, -0.25) is 10.5 Å². The Labute approximate surface area is 106 Å². The number of rotatable bonds is 4. The molecule has 96 valence electrons. The highest BCUT2D eigenvalue weighted by Crippen LogP contribution is 2.31. The molecule has 6 nitrogen and oxygen atoms in total. The number of nitrogen functional groups attached to an aromatic ring is 1. The summed E-state index contributed by atoms with van der Waals surface area (Å²) in [6.07, 6.45) is 1.65. The summed E-state index contributed by atoms with van der Waals surface area (Å²) < 4.78 is 7.01. The maximum Gasteiger partial charge on any atom is 0.161 e. The molecule has 6 heteroatoms. The van der Waals surface area contributed by atoms with Gasteiger partial charge in [-0.05, 0) is 11.6 Å². The number of anilines is 1. The van der Waals surface area contributed by atoms with Crippen LogP contribution in [-0.2, 0) is 7.05 Å². The summed E-state index contributed by atoms with van der Waals surface area (Å²) in [6.45, 7) is 0. The maximum absolute atomic E-state index is 5.98. The highest BCUT2D eigenvalue weighted by atomic mass is 16.5. The zero-order valence-electron chi connectivity index (χ0n) is 10.4. The molecule has 0 aliphatic rings. The van der Waals surface area contributed by atoms with Crippen molar-refractivity contribution in [3.63, 3.8) is 0 Å². The van der Waals surface area contributed by atoms with Crippen LogP contribution in [0.1, 0.15) is 17.3 Å². The van der Waals surface area contributed by atoms with Crippen LogP contribution in [0.15, 0.2) is 30.5 Å². The van der Waals surface area contributed by atoms with Crippen LogP contribution in [0.5, 0.6) is 5.75 Å². The number of methoxy groups -OCH3 is 1. The number of benzene rings is 1. The third-order valence-electron chi connectivity index (χ3n) is 2.92. The zero-order chi connectivity index (χ0) is 13.1. The van der Waals surface area contributed by atoms with Crippen LogP contribution in [0.3, 0.4) is 0 Å². The van der Waals surface area contributed by atoms with E-state index in [1.165, 1.54) is 0 Å². The number of nitrogens with one attached hydrogen (secondary N) is 1. The van der Waals surface area contributed by atoms with Crippen molar-refractivity contribution in [1.82, 2.24) is 15.2 Å². The number of aromatic nitrogens is 2. The van der Waals surface area contributed by atoms with Crippen LogP contribution in [0, 0.1) is 0 Å². The molecule has 5 N–H and O–H groups in total. The summed E-state index contributed by atoms with van der Waals surface area (Å²) in [6, 6.07) is 7.29. The van der Waals surface area contributed by atoms with Gasteiger partial charge < -0.3 is 10.5 Å². The van der Waals surface area contributed by atoms with Crippen molar-refractivity contribution >= 4 is 5.69 Å². The average Bonchev–Trinajstić information content (AvgIpc) is 2.74.